The zero-order valence-electron chi connectivity index (χ0n) is 8.72. The molecule has 1 saturated carbocycles. The lowest BCUT2D eigenvalue weighted by molar-refractivity contribution is 0.0990. The van der Waals surface area contributed by atoms with Crippen LogP contribution < -0.4 is 5.32 Å². The Labute approximate surface area is 98.2 Å². The molecule has 15 heavy (non-hydrogen) atoms. The molecule has 1 aliphatic rings. The van der Waals surface area contributed by atoms with Crippen molar-refractivity contribution in [1.29, 1.82) is 0 Å². The third kappa shape index (κ3) is 2.89. The number of hydrogen-bond donors (Lipinski definition) is 1. The van der Waals surface area contributed by atoms with Gasteiger partial charge in [0.05, 0.1) is 6.54 Å². The van der Waals surface area contributed by atoms with Gasteiger partial charge in [-0.15, -0.1) is 0 Å². The lowest BCUT2D eigenvalue weighted by atomic mass is 10.1. The Balaban J connectivity index is 2.03. The van der Waals surface area contributed by atoms with Crippen molar-refractivity contribution >= 4 is 21.7 Å². The molecular weight excluding hydrogens is 254 g/mol. The van der Waals surface area contributed by atoms with Crippen LogP contribution in [-0.2, 0) is 0 Å². The highest BCUT2D eigenvalue weighted by Crippen LogP contribution is 2.19. The monoisotopic (exact) mass is 267 g/mol. The molecule has 2 nitrogen and oxygen atoms in total. The smallest absolute Gasteiger partial charge is 0.176 e. The highest BCUT2D eigenvalue weighted by molar-refractivity contribution is 9.10. The summed E-state index contributed by atoms with van der Waals surface area (Å²) in [6.45, 7) is 2.43. The Bertz CT molecular complexity index is 385. The topological polar surface area (TPSA) is 29.1 Å². The maximum atomic E-state index is 11.8. The van der Waals surface area contributed by atoms with E-state index in [1.165, 1.54) is 12.8 Å². The van der Waals surface area contributed by atoms with E-state index in [0.717, 1.165) is 15.6 Å². The van der Waals surface area contributed by atoms with E-state index in [1.807, 2.05) is 25.1 Å². The zero-order chi connectivity index (χ0) is 10.8. The van der Waals surface area contributed by atoms with Crippen LogP contribution in [0.15, 0.2) is 22.7 Å². The first-order valence-electron chi connectivity index (χ1n) is 5.19. The van der Waals surface area contributed by atoms with E-state index in [-0.39, 0.29) is 5.78 Å². The quantitative estimate of drug-likeness (QED) is 0.851. The first kappa shape index (κ1) is 10.8. The van der Waals surface area contributed by atoms with Gasteiger partial charge in [0.25, 0.3) is 0 Å². The number of ketones is 1. The maximum Gasteiger partial charge on any atom is 0.176 e. The van der Waals surface area contributed by atoms with Crippen LogP contribution in [0, 0.1) is 6.92 Å². The molecular formula is C12H14BrNO. The van der Waals surface area contributed by atoms with Gasteiger partial charge in [-0.25, -0.2) is 0 Å². The van der Waals surface area contributed by atoms with E-state index in [1.54, 1.807) is 0 Å². The Kier molecular flexibility index (Phi) is 3.22. The molecule has 0 heterocycles. The van der Waals surface area contributed by atoms with Crippen LogP contribution >= 0.6 is 15.9 Å². The summed E-state index contributed by atoms with van der Waals surface area (Å²) in [6, 6.07) is 6.36. The zero-order valence-corrected chi connectivity index (χ0v) is 10.3. The Morgan fingerprint density at radius 2 is 2.27 bits per heavy atom. The van der Waals surface area contributed by atoms with E-state index in [0.29, 0.717) is 12.6 Å². The van der Waals surface area contributed by atoms with E-state index in [4.69, 9.17) is 0 Å². The average molecular weight is 268 g/mol. The highest BCUT2D eigenvalue weighted by Gasteiger charge is 2.21. The Morgan fingerprint density at radius 1 is 1.53 bits per heavy atom. The number of aryl methyl sites for hydroxylation is 1. The lowest BCUT2D eigenvalue weighted by Crippen LogP contribution is -2.25. The minimum atomic E-state index is 0.187. The Morgan fingerprint density at radius 3 is 2.87 bits per heavy atom. The molecule has 1 aliphatic carbocycles. The average Bonchev–Trinajstić information content (AvgIpc) is 2.97. The largest absolute Gasteiger partial charge is 0.307 e. The van der Waals surface area contributed by atoms with Crippen LogP contribution in [-0.4, -0.2) is 18.4 Å². The lowest BCUT2D eigenvalue weighted by Gasteiger charge is -2.06. The van der Waals surface area contributed by atoms with Crippen molar-refractivity contribution in [3.63, 3.8) is 0 Å². The fourth-order valence-corrected chi connectivity index (χ4v) is 2.04. The van der Waals surface area contributed by atoms with Crippen molar-refractivity contribution in [2.75, 3.05) is 6.54 Å². The van der Waals surface area contributed by atoms with E-state index < -0.39 is 0 Å². The summed E-state index contributed by atoms with van der Waals surface area (Å²) in [4.78, 5) is 11.8. The molecule has 1 N–H and O–H groups in total. The third-order valence-corrected chi connectivity index (χ3v) is 3.11. The van der Waals surface area contributed by atoms with Crippen LogP contribution in [0.2, 0.25) is 0 Å². The summed E-state index contributed by atoms with van der Waals surface area (Å²) in [5.74, 6) is 0.187. The van der Waals surface area contributed by atoms with Crippen molar-refractivity contribution in [3.8, 4) is 0 Å². The highest BCUT2D eigenvalue weighted by atomic mass is 79.9. The number of rotatable bonds is 4. The summed E-state index contributed by atoms with van der Waals surface area (Å²) >= 11 is 3.39. The van der Waals surface area contributed by atoms with E-state index >= 15 is 0 Å². The molecule has 3 heteroatoms. The van der Waals surface area contributed by atoms with Gasteiger partial charge >= 0.3 is 0 Å². The summed E-state index contributed by atoms with van der Waals surface area (Å²) in [5, 5.41) is 3.24. The normalized spacial score (nSPS) is 15.3. The van der Waals surface area contributed by atoms with Crippen LogP contribution in [0.25, 0.3) is 0 Å². The molecule has 0 aromatic heterocycles. The van der Waals surface area contributed by atoms with Gasteiger partial charge in [-0.1, -0.05) is 15.9 Å². The molecule has 1 aromatic rings. The van der Waals surface area contributed by atoms with Gasteiger partial charge in [-0.3, -0.25) is 4.79 Å². The third-order valence-electron chi connectivity index (χ3n) is 2.62. The van der Waals surface area contributed by atoms with Crippen molar-refractivity contribution in [3.05, 3.63) is 33.8 Å². The van der Waals surface area contributed by atoms with Gasteiger partial charge < -0.3 is 5.32 Å². The van der Waals surface area contributed by atoms with Gasteiger partial charge in [0.15, 0.2) is 5.78 Å². The second kappa shape index (κ2) is 4.45. The van der Waals surface area contributed by atoms with Crippen molar-refractivity contribution < 1.29 is 4.79 Å². The SMILES string of the molecule is Cc1cc(Br)ccc1C(=O)CNC1CC1. The first-order valence-corrected chi connectivity index (χ1v) is 5.99. The summed E-state index contributed by atoms with van der Waals surface area (Å²) in [7, 11) is 0. The van der Waals surface area contributed by atoms with Gasteiger partial charge in [0.1, 0.15) is 0 Å². The van der Waals surface area contributed by atoms with Crippen LogP contribution in [0.5, 0.6) is 0 Å². The predicted octanol–water partition coefficient (Wildman–Crippen LogP) is 2.69. The Hall–Kier alpha value is -0.670. The molecule has 0 radical (unpaired) electrons. The minimum absolute atomic E-state index is 0.187. The van der Waals surface area contributed by atoms with Gasteiger partial charge in [-0.05, 0) is 43.5 Å². The summed E-state index contributed by atoms with van der Waals surface area (Å²) in [6.07, 6.45) is 2.43. The maximum absolute atomic E-state index is 11.8. The number of nitrogens with one attached hydrogen (secondary N) is 1. The number of carbonyl (C=O) groups excluding carboxylic acids is 1. The molecule has 0 aliphatic heterocycles. The predicted molar refractivity (Wildman–Crippen MR) is 64.2 cm³/mol. The minimum Gasteiger partial charge on any atom is -0.307 e. The molecule has 0 atom stereocenters. The van der Waals surface area contributed by atoms with Crippen LogP contribution in [0.3, 0.4) is 0 Å². The molecule has 80 valence electrons. The van der Waals surface area contributed by atoms with Gasteiger partial charge in [0.2, 0.25) is 0 Å². The molecule has 2 rings (SSSR count). The fraction of sp³-hybridized carbons (Fsp3) is 0.417. The van der Waals surface area contributed by atoms with Gasteiger partial charge in [0, 0.05) is 16.1 Å². The molecule has 1 fully saturated rings. The second-order valence-electron chi connectivity index (χ2n) is 4.04. The first-order chi connectivity index (χ1) is 7.16. The van der Waals surface area contributed by atoms with Crippen molar-refractivity contribution in [2.45, 2.75) is 25.8 Å². The standard InChI is InChI=1S/C12H14BrNO/c1-8-6-9(13)2-5-11(8)12(15)7-14-10-3-4-10/h2,5-6,10,14H,3-4,7H2,1H3. The number of Topliss-reactive ketones (excluding diaryl/α,β-unsaturated/α-hetero) is 1. The molecule has 1 aromatic carbocycles. The summed E-state index contributed by atoms with van der Waals surface area (Å²) in [5.41, 5.74) is 1.86. The number of hydrogen-bond acceptors (Lipinski definition) is 2. The summed E-state index contributed by atoms with van der Waals surface area (Å²) < 4.78 is 1.02. The molecule has 0 bridgehead atoms. The molecule has 0 amide bonds. The van der Waals surface area contributed by atoms with Crippen LogP contribution in [0.1, 0.15) is 28.8 Å². The number of carbonyl (C=O) groups is 1. The van der Waals surface area contributed by atoms with Crippen LogP contribution in [0.4, 0.5) is 0 Å². The molecule has 0 saturated heterocycles. The number of benzene rings is 1. The number of halogens is 1. The molecule has 0 spiro atoms. The fourth-order valence-electron chi connectivity index (χ4n) is 1.56. The van der Waals surface area contributed by atoms with E-state index in [9.17, 15) is 4.79 Å². The molecule has 0 unspecified atom stereocenters. The van der Waals surface area contributed by atoms with Crippen molar-refractivity contribution in [2.24, 2.45) is 0 Å². The van der Waals surface area contributed by atoms with Gasteiger partial charge in [-0.2, -0.15) is 0 Å². The van der Waals surface area contributed by atoms with Crippen molar-refractivity contribution in [1.82, 2.24) is 5.32 Å². The second-order valence-corrected chi connectivity index (χ2v) is 4.95. The van der Waals surface area contributed by atoms with E-state index in [2.05, 4.69) is 21.2 Å².